The minimum absolute atomic E-state index is 0.285. The van der Waals surface area contributed by atoms with Crippen LogP contribution in [0, 0.1) is 0 Å². The molecule has 5 rings (SSSR count). The van der Waals surface area contributed by atoms with Crippen molar-refractivity contribution in [2.45, 2.75) is 0 Å². The van der Waals surface area contributed by atoms with Crippen LogP contribution < -0.4 is 5.43 Å². The SMILES string of the molecule is O=C(N/N=C/c1ccccc1Cl)c1cc2c([nH]c3ccccc32)c(-c2ccccc2)n1. The first-order chi connectivity index (χ1) is 15.2. The van der Waals surface area contributed by atoms with Crippen LogP contribution in [0.5, 0.6) is 0 Å². The van der Waals surface area contributed by atoms with Crippen LogP contribution in [0.25, 0.3) is 33.1 Å². The van der Waals surface area contributed by atoms with Crippen LogP contribution in [0.15, 0.2) is 90.0 Å². The average molecular weight is 425 g/mol. The smallest absolute Gasteiger partial charge is 0.289 e. The summed E-state index contributed by atoms with van der Waals surface area (Å²) in [6, 6.07) is 26.9. The Morgan fingerprint density at radius 1 is 0.935 bits per heavy atom. The quantitative estimate of drug-likeness (QED) is 0.282. The standard InChI is InChI=1S/C25H17ClN4O/c26-20-12-6-4-10-17(20)15-27-30-25(31)22-14-19-18-11-5-7-13-21(18)28-24(19)23(29-22)16-8-2-1-3-9-16/h1-15,28H,(H,30,31)/b27-15+. The van der Waals surface area contributed by atoms with E-state index in [0.29, 0.717) is 5.02 Å². The number of H-pyrrole nitrogens is 1. The molecule has 0 unspecified atom stereocenters. The molecule has 0 atom stereocenters. The van der Waals surface area contributed by atoms with Gasteiger partial charge in [0.05, 0.1) is 17.4 Å². The van der Waals surface area contributed by atoms with Gasteiger partial charge in [-0.1, -0.05) is 78.3 Å². The zero-order valence-electron chi connectivity index (χ0n) is 16.3. The molecule has 0 fully saturated rings. The average Bonchev–Trinajstić information content (AvgIpc) is 3.19. The van der Waals surface area contributed by atoms with Crippen molar-refractivity contribution in [3.8, 4) is 11.3 Å². The number of hydrazone groups is 1. The van der Waals surface area contributed by atoms with Crippen molar-refractivity contribution < 1.29 is 4.79 Å². The van der Waals surface area contributed by atoms with Gasteiger partial charge in [-0.15, -0.1) is 0 Å². The number of carbonyl (C=O) groups is 1. The highest BCUT2D eigenvalue weighted by Gasteiger charge is 2.16. The number of hydrogen-bond donors (Lipinski definition) is 2. The summed E-state index contributed by atoms with van der Waals surface area (Å²) in [5, 5.41) is 6.58. The second kappa shape index (κ2) is 8.05. The third-order valence-corrected chi connectivity index (χ3v) is 5.40. The van der Waals surface area contributed by atoms with Crippen LogP contribution in [-0.2, 0) is 0 Å². The number of nitrogens with one attached hydrogen (secondary N) is 2. The van der Waals surface area contributed by atoms with Crippen molar-refractivity contribution in [1.82, 2.24) is 15.4 Å². The minimum Gasteiger partial charge on any atom is -0.353 e. The number of pyridine rings is 1. The highest BCUT2D eigenvalue weighted by Crippen LogP contribution is 2.32. The molecule has 3 aromatic carbocycles. The van der Waals surface area contributed by atoms with E-state index >= 15 is 0 Å². The number of aromatic nitrogens is 2. The van der Waals surface area contributed by atoms with Crippen LogP contribution in [0.2, 0.25) is 5.02 Å². The van der Waals surface area contributed by atoms with Gasteiger partial charge in [0.2, 0.25) is 0 Å². The highest BCUT2D eigenvalue weighted by atomic mass is 35.5. The van der Waals surface area contributed by atoms with Gasteiger partial charge in [0, 0.05) is 32.4 Å². The van der Waals surface area contributed by atoms with E-state index in [9.17, 15) is 4.79 Å². The lowest BCUT2D eigenvalue weighted by Gasteiger charge is -2.07. The number of carbonyl (C=O) groups excluding carboxylic acids is 1. The second-order valence-electron chi connectivity index (χ2n) is 7.04. The van der Waals surface area contributed by atoms with Crippen LogP contribution in [-0.4, -0.2) is 22.1 Å². The summed E-state index contributed by atoms with van der Waals surface area (Å²) in [7, 11) is 0. The third-order valence-electron chi connectivity index (χ3n) is 5.05. The lowest BCUT2D eigenvalue weighted by molar-refractivity contribution is 0.0950. The molecule has 5 aromatic rings. The van der Waals surface area contributed by atoms with E-state index in [-0.39, 0.29) is 5.69 Å². The monoisotopic (exact) mass is 424 g/mol. The van der Waals surface area contributed by atoms with Crippen molar-refractivity contribution in [2.75, 3.05) is 0 Å². The molecule has 2 aromatic heterocycles. The maximum atomic E-state index is 12.9. The van der Waals surface area contributed by atoms with Gasteiger partial charge in [-0.2, -0.15) is 5.10 Å². The van der Waals surface area contributed by atoms with E-state index in [1.54, 1.807) is 12.1 Å². The Morgan fingerprint density at radius 2 is 1.68 bits per heavy atom. The van der Waals surface area contributed by atoms with Crippen molar-refractivity contribution in [3.63, 3.8) is 0 Å². The topological polar surface area (TPSA) is 70.1 Å². The van der Waals surface area contributed by atoms with E-state index in [1.165, 1.54) is 6.21 Å². The van der Waals surface area contributed by atoms with E-state index in [2.05, 4.69) is 20.5 Å². The molecule has 2 heterocycles. The summed E-state index contributed by atoms with van der Waals surface area (Å²) in [6.45, 7) is 0. The van der Waals surface area contributed by atoms with Gasteiger partial charge in [-0.3, -0.25) is 4.79 Å². The molecule has 0 aliphatic rings. The minimum atomic E-state index is -0.396. The lowest BCUT2D eigenvalue weighted by Crippen LogP contribution is -2.19. The number of fused-ring (bicyclic) bond motifs is 3. The first-order valence-electron chi connectivity index (χ1n) is 9.75. The third kappa shape index (κ3) is 3.67. The van der Waals surface area contributed by atoms with Gasteiger partial charge in [0.1, 0.15) is 5.69 Å². The Kier molecular flexibility index (Phi) is 4.94. The summed E-state index contributed by atoms with van der Waals surface area (Å²) in [5.41, 5.74) is 7.08. The molecule has 0 aliphatic carbocycles. The Hall–Kier alpha value is -3.96. The van der Waals surface area contributed by atoms with E-state index in [0.717, 1.165) is 38.6 Å². The van der Waals surface area contributed by atoms with Crippen LogP contribution >= 0.6 is 11.6 Å². The summed E-state index contributed by atoms with van der Waals surface area (Å²) < 4.78 is 0. The number of halogens is 1. The molecule has 0 saturated heterocycles. The van der Waals surface area contributed by atoms with E-state index in [4.69, 9.17) is 11.6 Å². The molecule has 6 heteroatoms. The predicted molar refractivity (Wildman–Crippen MR) is 126 cm³/mol. The van der Waals surface area contributed by atoms with Crippen molar-refractivity contribution >= 4 is 45.5 Å². The van der Waals surface area contributed by atoms with Gasteiger partial charge in [0.15, 0.2) is 0 Å². The van der Waals surface area contributed by atoms with Gasteiger partial charge >= 0.3 is 0 Å². The van der Waals surface area contributed by atoms with E-state index < -0.39 is 5.91 Å². The zero-order valence-corrected chi connectivity index (χ0v) is 17.1. The van der Waals surface area contributed by atoms with E-state index in [1.807, 2.05) is 72.8 Å². The van der Waals surface area contributed by atoms with Crippen molar-refractivity contribution in [1.29, 1.82) is 0 Å². The van der Waals surface area contributed by atoms with Gasteiger partial charge in [-0.05, 0) is 18.2 Å². The van der Waals surface area contributed by atoms with Crippen molar-refractivity contribution in [3.05, 3.63) is 101 Å². The molecular weight excluding hydrogens is 408 g/mol. The summed E-state index contributed by atoms with van der Waals surface area (Å²) in [6.07, 6.45) is 1.52. The molecule has 2 N–H and O–H groups in total. The van der Waals surface area contributed by atoms with Gasteiger partial charge in [-0.25, -0.2) is 10.4 Å². The Morgan fingerprint density at radius 3 is 2.52 bits per heavy atom. The Labute approximate surface area is 183 Å². The molecule has 0 spiro atoms. The fraction of sp³-hybridized carbons (Fsp3) is 0. The predicted octanol–water partition coefficient (Wildman–Crippen LogP) is 5.80. The zero-order chi connectivity index (χ0) is 21.2. The van der Waals surface area contributed by atoms with Crippen LogP contribution in [0.4, 0.5) is 0 Å². The number of nitrogens with zero attached hydrogens (tertiary/aromatic N) is 2. The lowest BCUT2D eigenvalue weighted by atomic mass is 10.1. The largest absolute Gasteiger partial charge is 0.353 e. The number of hydrogen-bond acceptors (Lipinski definition) is 3. The highest BCUT2D eigenvalue weighted by molar-refractivity contribution is 6.33. The fourth-order valence-electron chi connectivity index (χ4n) is 3.56. The summed E-state index contributed by atoms with van der Waals surface area (Å²) in [5.74, 6) is -0.396. The number of para-hydroxylation sites is 1. The fourth-order valence-corrected chi connectivity index (χ4v) is 3.75. The Bertz CT molecular complexity index is 1440. The van der Waals surface area contributed by atoms with Crippen LogP contribution in [0.3, 0.4) is 0 Å². The maximum Gasteiger partial charge on any atom is 0.289 e. The molecule has 1 amide bonds. The summed E-state index contributed by atoms with van der Waals surface area (Å²) >= 11 is 6.13. The van der Waals surface area contributed by atoms with Crippen LogP contribution in [0.1, 0.15) is 16.1 Å². The molecule has 0 aliphatic heterocycles. The summed E-state index contributed by atoms with van der Waals surface area (Å²) in [4.78, 5) is 21.0. The van der Waals surface area contributed by atoms with Gasteiger partial charge < -0.3 is 4.98 Å². The molecular formula is C25H17ClN4O. The first-order valence-corrected chi connectivity index (χ1v) is 10.1. The number of rotatable bonds is 4. The molecule has 0 radical (unpaired) electrons. The Balaban J connectivity index is 1.57. The maximum absolute atomic E-state index is 12.9. The number of benzene rings is 3. The normalized spacial score (nSPS) is 11.4. The molecule has 0 saturated carbocycles. The molecule has 31 heavy (non-hydrogen) atoms. The second-order valence-corrected chi connectivity index (χ2v) is 7.44. The molecule has 150 valence electrons. The molecule has 0 bridgehead atoms. The molecule has 5 nitrogen and oxygen atoms in total. The number of amides is 1. The number of aromatic amines is 1. The van der Waals surface area contributed by atoms with Gasteiger partial charge in [0.25, 0.3) is 5.91 Å². The first kappa shape index (κ1) is 19.0. The van der Waals surface area contributed by atoms with Crippen molar-refractivity contribution in [2.24, 2.45) is 5.10 Å².